The van der Waals surface area contributed by atoms with Crippen LogP contribution in [0.4, 0.5) is 5.69 Å². The van der Waals surface area contributed by atoms with Crippen LogP contribution in [-0.4, -0.2) is 36.4 Å². The Morgan fingerprint density at radius 1 is 1.26 bits per heavy atom. The van der Waals surface area contributed by atoms with Gasteiger partial charge in [0, 0.05) is 12.1 Å². The van der Waals surface area contributed by atoms with Crippen molar-refractivity contribution >= 4 is 11.7 Å². The van der Waals surface area contributed by atoms with Crippen LogP contribution in [0.2, 0.25) is 0 Å². The average Bonchev–Trinajstić information content (AvgIpc) is 2.70. The molecule has 1 N–H and O–H groups in total. The van der Waals surface area contributed by atoms with Crippen LogP contribution in [0.3, 0.4) is 0 Å². The molecule has 0 amide bonds. The van der Waals surface area contributed by atoms with Crippen molar-refractivity contribution in [3.8, 4) is 0 Å². The fraction of sp³-hybridized carbons (Fsp3) is 0.533. The third-order valence-corrected chi connectivity index (χ3v) is 4.30. The topological polar surface area (TPSA) is 49.8 Å². The van der Waals surface area contributed by atoms with Crippen LogP contribution in [0.1, 0.15) is 36.0 Å². The minimum Gasteiger partial charge on any atom is -0.465 e. The number of benzene rings is 1. The lowest BCUT2D eigenvalue weighted by atomic mass is 9.98. The molecule has 2 aliphatic heterocycles. The van der Waals surface area contributed by atoms with Gasteiger partial charge in [-0.05, 0) is 37.8 Å². The lowest BCUT2D eigenvalue weighted by Gasteiger charge is -2.39. The smallest absolute Gasteiger partial charge is 0.339 e. The Labute approximate surface area is 113 Å². The lowest BCUT2D eigenvalue weighted by Crippen LogP contribution is -2.45. The largest absolute Gasteiger partial charge is 0.465 e. The van der Waals surface area contributed by atoms with Crippen molar-refractivity contribution in [3.05, 3.63) is 29.8 Å². The lowest BCUT2D eigenvalue weighted by molar-refractivity contribution is 0.0601. The number of para-hydroxylation sites is 1. The van der Waals surface area contributed by atoms with Gasteiger partial charge in [0.25, 0.3) is 0 Å². The van der Waals surface area contributed by atoms with E-state index in [2.05, 4.69) is 4.90 Å². The number of aliphatic hydroxyl groups excluding tert-OH is 1. The molecule has 4 heteroatoms. The zero-order chi connectivity index (χ0) is 13.4. The first-order chi connectivity index (χ1) is 9.20. The highest BCUT2D eigenvalue weighted by Gasteiger charge is 2.41. The second-order valence-corrected chi connectivity index (χ2v) is 5.43. The molecular weight excluding hydrogens is 242 g/mol. The summed E-state index contributed by atoms with van der Waals surface area (Å²) >= 11 is 0. The third-order valence-electron chi connectivity index (χ3n) is 4.30. The van der Waals surface area contributed by atoms with Crippen LogP contribution in [0.5, 0.6) is 0 Å². The van der Waals surface area contributed by atoms with Crippen molar-refractivity contribution in [1.29, 1.82) is 0 Å². The number of fused-ring (bicyclic) bond motifs is 2. The van der Waals surface area contributed by atoms with Crippen molar-refractivity contribution in [2.24, 2.45) is 0 Å². The monoisotopic (exact) mass is 261 g/mol. The molecule has 3 rings (SSSR count). The van der Waals surface area contributed by atoms with Crippen molar-refractivity contribution in [2.45, 2.75) is 43.9 Å². The molecule has 102 valence electrons. The number of methoxy groups -OCH3 is 1. The van der Waals surface area contributed by atoms with E-state index in [0.29, 0.717) is 17.6 Å². The van der Waals surface area contributed by atoms with Gasteiger partial charge in [-0.3, -0.25) is 0 Å². The van der Waals surface area contributed by atoms with E-state index in [9.17, 15) is 9.90 Å². The van der Waals surface area contributed by atoms with E-state index >= 15 is 0 Å². The fourth-order valence-electron chi connectivity index (χ4n) is 3.52. The zero-order valence-electron chi connectivity index (χ0n) is 11.1. The molecule has 2 bridgehead atoms. The summed E-state index contributed by atoms with van der Waals surface area (Å²) in [6.45, 7) is 0. The SMILES string of the molecule is COC(=O)c1ccccc1N1C2CCC1CC(O)C2. The summed E-state index contributed by atoms with van der Waals surface area (Å²) in [5.74, 6) is -0.291. The summed E-state index contributed by atoms with van der Waals surface area (Å²) in [5.41, 5.74) is 1.58. The Morgan fingerprint density at radius 3 is 2.53 bits per heavy atom. The summed E-state index contributed by atoms with van der Waals surface area (Å²) in [5, 5.41) is 9.86. The van der Waals surface area contributed by atoms with Crippen LogP contribution in [0.25, 0.3) is 0 Å². The maximum absolute atomic E-state index is 11.9. The highest BCUT2D eigenvalue weighted by Crippen LogP contribution is 2.40. The van der Waals surface area contributed by atoms with Gasteiger partial charge in [0.05, 0.1) is 24.5 Å². The maximum atomic E-state index is 11.9. The Morgan fingerprint density at radius 2 is 1.89 bits per heavy atom. The number of ether oxygens (including phenoxy) is 1. The van der Waals surface area contributed by atoms with E-state index < -0.39 is 0 Å². The summed E-state index contributed by atoms with van der Waals surface area (Å²) in [4.78, 5) is 14.2. The van der Waals surface area contributed by atoms with Gasteiger partial charge < -0.3 is 14.7 Å². The number of carbonyl (C=O) groups excluding carboxylic acids is 1. The molecule has 0 aliphatic carbocycles. The van der Waals surface area contributed by atoms with Crippen LogP contribution >= 0.6 is 0 Å². The van der Waals surface area contributed by atoms with E-state index in [1.54, 1.807) is 0 Å². The number of hydrogen-bond acceptors (Lipinski definition) is 4. The number of esters is 1. The number of nitrogens with zero attached hydrogens (tertiary/aromatic N) is 1. The number of piperidine rings is 1. The van der Waals surface area contributed by atoms with Crippen molar-refractivity contribution in [1.82, 2.24) is 0 Å². The fourth-order valence-corrected chi connectivity index (χ4v) is 3.52. The van der Waals surface area contributed by atoms with Gasteiger partial charge in [-0.15, -0.1) is 0 Å². The third kappa shape index (κ3) is 2.10. The van der Waals surface area contributed by atoms with E-state index in [0.717, 1.165) is 31.4 Å². The molecule has 2 fully saturated rings. The van der Waals surface area contributed by atoms with Crippen molar-refractivity contribution < 1.29 is 14.6 Å². The summed E-state index contributed by atoms with van der Waals surface area (Å²) in [7, 11) is 1.41. The maximum Gasteiger partial charge on any atom is 0.339 e. The molecule has 4 nitrogen and oxygen atoms in total. The number of rotatable bonds is 2. The predicted octanol–water partition coefficient (Wildman–Crippen LogP) is 1.97. The van der Waals surface area contributed by atoms with Crippen LogP contribution in [0.15, 0.2) is 24.3 Å². The number of hydrogen-bond donors (Lipinski definition) is 1. The molecule has 2 aliphatic rings. The summed E-state index contributed by atoms with van der Waals surface area (Å²) in [6, 6.07) is 8.29. The highest BCUT2D eigenvalue weighted by molar-refractivity contribution is 5.96. The second-order valence-electron chi connectivity index (χ2n) is 5.43. The van der Waals surface area contributed by atoms with Crippen LogP contribution in [-0.2, 0) is 4.74 Å². The molecule has 0 spiro atoms. The van der Waals surface area contributed by atoms with E-state index in [1.807, 2.05) is 24.3 Å². The van der Waals surface area contributed by atoms with Gasteiger partial charge in [-0.2, -0.15) is 0 Å². The van der Waals surface area contributed by atoms with E-state index in [-0.39, 0.29) is 12.1 Å². The highest BCUT2D eigenvalue weighted by atomic mass is 16.5. The summed E-state index contributed by atoms with van der Waals surface area (Å²) < 4.78 is 4.86. The second kappa shape index (κ2) is 4.85. The predicted molar refractivity (Wildman–Crippen MR) is 72.3 cm³/mol. The normalized spacial score (nSPS) is 29.4. The zero-order valence-corrected chi connectivity index (χ0v) is 11.1. The molecule has 0 aromatic heterocycles. The first kappa shape index (κ1) is 12.5. The first-order valence-corrected chi connectivity index (χ1v) is 6.84. The van der Waals surface area contributed by atoms with Gasteiger partial charge in [-0.25, -0.2) is 4.79 Å². The van der Waals surface area contributed by atoms with Crippen LogP contribution in [0, 0.1) is 0 Å². The number of aliphatic hydroxyl groups is 1. The number of anilines is 1. The molecule has 1 aromatic rings. The Balaban J connectivity index is 1.97. The van der Waals surface area contributed by atoms with Gasteiger partial charge in [0.1, 0.15) is 0 Å². The quantitative estimate of drug-likeness (QED) is 0.827. The van der Waals surface area contributed by atoms with Gasteiger partial charge in [0.15, 0.2) is 0 Å². The van der Waals surface area contributed by atoms with Gasteiger partial charge >= 0.3 is 5.97 Å². The molecule has 2 atom stereocenters. The molecule has 0 saturated carbocycles. The molecule has 0 radical (unpaired) electrons. The Bertz CT molecular complexity index is 474. The average molecular weight is 261 g/mol. The minimum atomic E-state index is -0.291. The molecule has 19 heavy (non-hydrogen) atoms. The summed E-state index contributed by atoms with van der Waals surface area (Å²) in [6.07, 6.45) is 3.59. The molecule has 2 saturated heterocycles. The number of carbonyl (C=O) groups is 1. The van der Waals surface area contributed by atoms with Gasteiger partial charge in [0.2, 0.25) is 0 Å². The molecule has 1 aromatic carbocycles. The Kier molecular flexibility index (Phi) is 3.19. The Hall–Kier alpha value is -1.55. The van der Waals surface area contributed by atoms with E-state index in [1.165, 1.54) is 7.11 Å². The van der Waals surface area contributed by atoms with E-state index in [4.69, 9.17) is 4.74 Å². The van der Waals surface area contributed by atoms with Crippen molar-refractivity contribution in [3.63, 3.8) is 0 Å². The minimum absolute atomic E-state index is 0.195. The van der Waals surface area contributed by atoms with Crippen LogP contribution < -0.4 is 4.90 Å². The standard InChI is InChI=1S/C15H19NO3/c1-19-15(18)13-4-2-3-5-14(13)16-10-6-7-11(16)9-12(17)8-10/h2-5,10-12,17H,6-9H2,1H3. The van der Waals surface area contributed by atoms with Gasteiger partial charge in [-0.1, -0.05) is 12.1 Å². The van der Waals surface area contributed by atoms with Crippen molar-refractivity contribution in [2.75, 3.05) is 12.0 Å². The molecule has 2 unspecified atom stereocenters. The first-order valence-electron chi connectivity index (χ1n) is 6.84. The molecular formula is C15H19NO3. The molecule has 2 heterocycles.